The number of rotatable bonds is 5. The molecule has 0 aliphatic rings. The first kappa shape index (κ1) is 14.8. The molecule has 100 valence electrons. The Kier molecular flexibility index (Phi) is 5.60. The topological polar surface area (TPSA) is 20.3 Å². The number of carbonyl (C=O) groups excluding carboxylic acids is 1. The highest BCUT2D eigenvalue weighted by molar-refractivity contribution is 9.11. The summed E-state index contributed by atoms with van der Waals surface area (Å²) in [5.74, 6) is 0.0824. The maximum atomic E-state index is 12.4. The molecule has 0 atom stereocenters. The maximum Gasteiger partial charge on any atom is 0.264 e. The average Bonchev–Trinajstić information content (AvgIpc) is 2.85. The van der Waals surface area contributed by atoms with Gasteiger partial charge in [-0.2, -0.15) is 0 Å². The lowest BCUT2D eigenvalue weighted by Crippen LogP contribution is -2.31. The minimum atomic E-state index is 0.0824. The Morgan fingerprint density at radius 1 is 1.16 bits per heavy atom. The van der Waals surface area contributed by atoms with E-state index in [4.69, 9.17) is 0 Å². The number of amides is 1. The minimum Gasteiger partial charge on any atom is -0.333 e. The Labute approximate surface area is 133 Å². The van der Waals surface area contributed by atoms with Gasteiger partial charge in [0.1, 0.15) is 0 Å². The minimum absolute atomic E-state index is 0.0824. The Balaban J connectivity index is 2.13. The van der Waals surface area contributed by atoms with Gasteiger partial charge < -0.3 is 4.90 Å². The molecule has 0 saturated heterocycles. The first-order valence-corrected chi connectivity index (χ1v) is 8.58. The number of nitrogens with zero attached hydrogens (tertiary/aromatic N) is 1. The van der Waals surface area contributed by atoms with E-state index >= 15 is 0 Å². The van der Waals surface area contributed by atoms with Crippen LogP contribution in [-0.4, -0.2) is 22.7 Å². The molecular weight excluding hydrogens is 390 g/mol. The van der Waals surface area contributed by atoms with Crippen LogP contribution in [0.15, 0.2) is 46.3 Å². The van der Waals surface area contributed by atoms with E-state index in [9.17, 15) is 4.79 Å². The van der Waals surface area contributed by atoms with Crippen molar-refractivity contribution in [2.24, 2.45) is 0 Å². The van der Waals surface area contributed by atoms with Gasteiger partial charge in [0.25, 0.3) is 5.91 Å². The Morgan fingerprint density at radius 2 is 1.89 bits per heavy atom. The predicted molar refractivity (Wildman–Crippen MR) is 87.0 cm³/mol. The van der Waals surface area contributed by atoms with Crippen LogP contribution in [0, 0.1) is 0 Å². The number of hydrogen-bond donors (Lipinski definition) is 0. The van der Waals surface area contributed by atoms with Crippen LogP contribution in [0.25, 0.3) is 0 Å². The Morgan fingerprint density at radius 3 is 2.47 bits per heavy atom. The zero-order valence-electron chi connectivity index (χ0n) is 10.2. The van der Waals surface area contributed by atoms with Gasteiger partial charge in [0, 0.05) is 18.4 Å². The number of thiophene rings is 1. The summed E-state index contributed by atoms with van der Waals surface area (Å²) in [6, 6.07) is 13.8. The van der Waals surface area contributed by atoms with Crippen LogP contribution in [-0.2, 0) is 6.54 Å². The molecule has 0 unspecified atom stereocenters. The molecule has 1 aromatic heterocycles. The molecule has 1 amide bonds. The number of carbonyl (C=O) groups is 1. The SMILES string of the molecule is O=C(c1ccc(Br)s1)N(CCBr)Cc1ccccc1. The second kappa shape index (κ2) is 7.22. The van der Waals surface area contributed by atoms with Gasteiger partial charge in [0.2, 0.25) is 0 Å². The number of alkyl halides is 1. The lowest BCUT2D eigenvalue weighted by molar-refractivity contribution is 0.0759. The molecule has 5 heteroatoms. The van der Waals surface area contributed by atoms with Crippen LogP contribution >= 0.6 is 43.2 Å². The Hall–Kier alpha value is -0.650. The van der Waals surface area contributed by atoms with Gasteiger partial charge in [-0.25, -0.2) is 0 Å². The molecule has 0 N–H and O–H groups in total. The Bertz CT molecular complexity index is 541. The summed E-state index contributed by atoms with van der Waals surface area (Å²) in [7, 11) is 0. The van der Waals surface area contributed by atoms with Crippen molar-refractivity contribution in [1.82, 2.24) is 4.90 Å². The van der Waals surface area contributed by atoms with Crippen LogP contribution in [0.5, 0.6) is 0 Å². The molecule has 0 aliphatic carbocycles. The van der Waals surface area contributed by atoms with Crippen molar-refractivity contribution >= 4 is 49.1 Å². The van der Waals surface area contributed by atoms with E-state index in [1.165, 1.54) is 11.3 Å². The van der Waals surface area contributed by atoms with Gasteiger partial charge >= 0.3 is 0 Å². The molecular formula is C14H13Br2NOS. The normalized spacial score (nSPS) is 10.4. The van der Waals surface area contributed by atoms with E-state index < -0.39 is 0 Å². The van der Waals surface area contributed by atoms with Gasteiger partial charge in [-0.3, -0.25) is 4.79 Å². The summed E-state index contributed by atoms with van der Waals surface area (Å²) in [6.07, 6.45) is 0. The lowest BCUT2D eigenvalue weighted by Gasteiger charge is -2.21. The van der Waals surface area contributed by atoms with Crippen LogP contribution < -0.4 is 0 Å². The number of benzene rings is 1. The zero-order chi connectivity index (χ0) is 13.7. The van der Waals surface area contributed by atoms with Gasteiger partial charge in [-0.05, 0) is 33.6 Å². The van der Waals surface area contributed by atoms with E-state index in [-0.39, 0.29) is 5.91 Å². The van der Waals surface area contributed by atoms with E-state index in [0.717, 1.165) is 19.6 Å². The highest BCUT2D eigenvalue weighted by atomic mass is 79.9. The van der Waals surface area contributed by atoms with Gasteiger partial charge in [-0.1, -0.05) is 46.3 Å². The molecule has 0 aliphatic heterocycles. The van der Waals surface area contributed by atoms with Crippen molar-refractivity contribution < 1.29 is 4.79 Å². The third-order valence-corrected chi connectivity index (χ3v) is 4.61. The average molecular weight is 403 g/mol. The molecule has 2 nitrogen and oxygen atoms in total. The van der Waals surface area contributed by atoms with Gasteiger partial charge in [0.15, 0.2) is 0 Å². The molecule has 0 bridgehead atoms. The zero-order valence-corrected chi connectivity index (χ0v) is 14.2. The third kappa shape index (κ3) is 4.16. The van der Waals surface area contributed by atoms with E-state index in [0.29, 0.717) is 13.1 Å². The van der Waals surface area contributed by atoms with Gasteiger partial charge in [0.05, 0.1) is 8.66 Å². The summed E-state index contributed by atoms with van der Waals surface area (Å²) in [5, 5.41) is 0.776. The maximum absolute atomic E-state index is 12.4. The molecule has 0 saturated carbocycles. The fourth-order valence-electron chi connectivity index (χ4n) is 1.74. The summed E-state index contributed by atoms with van der Waals surface area (Å²) >= 11 is 8.27. The van der Waals surface area contributed by atoms with Crippen LogP contribution in [0.3, 0.4) is 0 Å². The fraction of sp³-hybridized carbons (Fsp3) is 0.214. The quantitative estimate of drug-likeness (QED) is 0.672. The van der Waals surface area contributed by atoms with Crippen molar-refractivity contribution in [2.75, 3.05) is 11.9 Å². The molecule has 1 heterocycles. The molecule has 19 heavy (non-hydrogen) atoms. The summed E-state index contributed by atoms with van der Waals surface area (Å²) in [5.41, 5.74) is 1.15. The van der Waals surface area contributed by atoms with Crippen molar-refractivity contribution in [3.8, 4) is 0 Å². The second-order valence-corrected chi connectivity index (χ2v) is 7.26. The third-order valence-electron chi connectivity index (χ3n) is 2.64. The van der Waals surface area contributed by atoms with Crippen molar-refractivity contribution in [3.05, 3.63) is 56.7 Å². The lowest BCUT2D eigenvalue weighted by atomic mass is 10.2. The molecule has 0 fully saturated rings. The van der Waals surface area contributed by atoms with Crippen LogP contribution in [0.4, 0.5) is 0 Å². The number of hydrogen-bond acceptors (Lipinski definition) is 2. The first-order valence-electron chi connectivity index (χ1n) is 5.85. The molecule has 0 radical (unpaired) electrons. The second-order valence-electron chi connectivity index (χ2n) is 4.01. The van der Waals surface area contributed by atoms with Crippen molar-refractivity contribution in [2.45, 2.75) is 6.54 Å². The highest BCUT2D eigenvalue weighted by Gasteiger charge is 2.17. The van der Waals surface area contributed by atoms with Crippen molar-refractivity contribution in [3.63, 3.8) is 0 Å². The standard InChI is InChI=1S/C14H13Br2NOS/c15-8-9-17(10-11-4-2-1-3-5-11)14(18)12-6-7-13(16)19-12/h1-7H,8-10H2. The predicted octanol–water partition coefficient (Wildman–Crippen LogP) is 4.55. The van der Waals surface area contributed by atoms with E-state index in [2.05, 4.69) is 31.9 Å². The number of halogens is 2. The van der Waals surface area contributed by atoms with Crippen molar-refractivity contribution in [1.29, 1.82) is 0 Å². The first-order chi connectivity index (χ1) is 9.20. The van der Waals surface area contributed by atoms with Crippen LogP contribution in [0.1, 0.15) is 15.2 Å². The van der Waals surface area contributed by atoms with Gasteiger partial charge in [-0.15, -0.1) is 11.3 Å². The summed E-state index contributed by atoms with van der Waals surface area (Å²) < 4.78 is 0.981. The van der Waals surface area contributed by atoms with Crippen LogP contribution in [0.2, 0.25) is 0 Å². The summed E-state index contributed by atoms with van der Waals surface area (Å²) in [6.45, 7) is 1.34. The van der Waals surface area contributed by atoms with E-state index in [1.807, 2.05) is 47.4 Å². The highest BCUT2D eigenvalue weighted by Crippen LogP contribution is 2.24. The molecule has 1 aromatic carbocycles. The van der Waals surface area contributed by atoms with E-state index in [1.54, 1.807) is 0 Å². The summed E-state index contributed by atoms with van der Waals surface area (Å²) in [4.78, 5) is 15.1. The molecule has 0 spiro atoms. The molecule has 2 aromatic rings. The largest absolute Gasteiger partial charge is 0.333 e. The fourth-order valence-corrected chi connectivity index (χ4v) is 3.53. The smallest absolute Gasteiger partial charge is 0.264 e. The monoisotopic (exact) mass is 401 g/mol. The molecule has 2 rings (SSSR count).